The monoisotopic (exact) mass is 463 g/mol. The van der Waals surface area contributed by atoms with Crippen LogP contribution in [0.5, 0.6) is 0 Å². The topological polar surface area (TPSA) is 111 Å². The lowest BCUT2D eigenvalue weighted by Crippen LogP contribution is -2.28. The van der Waals surface area contributed by atoms with Gasteiger partial charge in [-0.1, -0.05) is 11.6 Å². The van der Waals surface area contributed by atoms with Gasteiger partial charge in [0.05, 0.1) is 16.9 Å². The van der Waals surface area contributed by atoms with Crippen molar-refractivity contribution in [2.45, 2.75) is 51.6 Å². The fourth-order valence-electron chi connectivity index (χ4n) is 4.04. The Labute approximate surface area is 188 Å². The Hall–Kier alpha value is -3.01. The van der Waals surface area contributed by atoms with Crippen molar-refractivity contribution in [1.29, 1.82) is 0 Å². The molecule has 1 amide bonds. The number of carbonyl (C=O) groups excluding carboxylic acids is 1. The van der Waals surface area contributed by atoms with Gasteiger partial charge in [-0.05, 0) is 45.6 Å². The van der Waals surface area contributed by atoms with Crippen LogP contribution in [0.2, 0.25) is 5.02 Å². The molecule has 0 saturated heterocycles. The SMILES string of the molecule is CC(C)Nc1ncc2nc(Nc3c(F)cc(F)cc3Cl)n(C3CCC(C(N)=O)CC3)c2n1. The van der Waals surface area contributed by atoms with Crippen LogP contribution in [0.25, 0.3) is 11.2 Å². The summed E-state index contributed by atoms with van der Waals surface area (Å²) >= 11 is 6.09. The van der Waals surface area contributed by atoms with E-state index in [1.807, 2.05) is 18.4 Å². The lowest BCUT2D eigenvalue weighted by Gasteiger charge is -2.29. The number of nitrogens with one attached hydrogen (secondary N) is 2. The molecule has 170 valence electrons. The van der Waals surface area contributed by atoms with Crippen LogP contribution in [0.15, 0.2) is 18.3 Å². The summed E-state index contributed by atoms with van der Waals surface area (Å²) in [6, 6.07) is 1.86. The van der Waals surface area contributed by atoms with Gasteiger partial charge in [-0.15, -0.1) is 0 Å². The van der Waals surface area contributed by atoms with Crippen molar-refractivity contribution in [2.75, 3.05) is 10.6 Å². The number of halogens is 3. The lowest BCUT2D eigenvalue weighted by molar-refractivity contribution is -0.122. The van der Waals surface area contributed by atoms with Crippen molar-refractivity contribution < 1.29 is 13.6 Å². The zero-order chi connectivity index (χ0) is 23.0. The molecule has 0 bridgehead atoms. The predicted molar refractivity (Wildman–Crippen MR) is 119 cm³/mol. The number of fused-ring (bicyclic) bond motifs is 1. The molecular weight excluding hydrogens is 440 g/mol. The van der Waals surface area contributed by atoms with Gasteiger partial charge < -0.3 is 16.4 Å². The van der Waals surface area contributed by atoms with Gasteiger partial charge in [0.15, 0.2) is 11.5 Å². The fraction of sp³-hybridized carbons (Fsp3) is 0.429. The number of hydrogen-bond donors (Lipinski definition) is 3. The molecule has 8 nitrogen and oxygen atoms in total. The van der Waals surface area contributed by atoms with Crippen LogP contribution in [0.1, 0.15) is 45.6 Å². The molecular formula is C21H24ClF2N7O. The van der Waals surface area contributed by atoms with Gasteiger partial charge in [0.2, 0.25) is 17.8 Å². The molecule has 32 heavy (non-hydrogen) atoms. The van der Waals surface area contributed by atoms with E-state index in [2.05, 4.69) is 25.6 Å². The van der Waals surface area contributed by atoms with E-state index in [4.69, 9.17) is 17.3 Å². The first-order chi connectivity index (χ1) is 15.2. The molecule has 0 unspecified atom stereocenters. The third-order valence-electron chi connectivity index (χ3n) is 5.56. The smallest absolute Gasteiger partial charge is 0.224 e. The minimum Gasteiger partial charge on any atom is -0.369 e. The number of imidazole rings is 1. The van der Waals surface area contributed by atoms with Crippen molar-refractivity contribution >= 4 is 46.3 Å². The quantitative estimate of drug-likeness (QED) is 0.495. The number of primary amides is 1. The molecule has 0 radical (unpaired) electrons. The average Bonchev–Trinajstić information content (AvgIpc) is 3.07. The lowest BCUT2D eigenvalue weighted by atomic mass is 9.85. The average molecular weight is 464 g/mol. The van der Waals surface area contributed by atoms with E-state index in [0.29, 0.717) is 48.7 Å². The molecule has 2 heterocycles. The van der Waals surface area contributed by atoms with Gasteiger partial charge in [0.1, 0.15) is 11.3 Å². The third kappa shape index (κ3) is 4.45. The molecule has 11 heteroatoms. The highest BCUT2D eigenvalue weighted by Crippen LogP contribution is 2.38. The number of benzene rings is 1. The Morgan fingerprint density at radius 3 is 2.56 bits per heavy atom. The normalized spacial score (nSPS) is 18.8. The van der Waals surface area contributed by atoms with Gasteiger partial charge in [0, 0.05) is 24.1 Å². The molecule has 1 aliphatic carbocycles. The number of amides is 1. The second-order valence-electron chi connectivity index (χ2n) is 8.28. The van der Waals surface area contributed by atoms with Crippen LogP contribution < -0.4 is 16.4 Å². The molecule has 3 aromatic rings. The number of rotatable bonds is 6. The number of nitrogens with two attached hydrogens (primary N) is 1. The summed E-state index contributed by atoms with van der Waals surface area (Å²) in [7, 11) is 0. The zero-order valence-corrected chi connectivity index (χ0v) is 18.5. The van der Waals surface area contributed by atoms with Crippen LogP contribution in [-0.2, 0) is 4.79 Å². The van der Waals surface area contributed by atoms with Gasteiger partial charge in [-0.2, -0.15) is 4.98 Å². The summed E-state index contributed by atoms with van der Waals surface area (Å²) in [4.78, 5) is 25.1. The van der Waals surface area contributed by atoms with Crippen LogP contribution in [0.4, 0.5) is 26.4 Å². The van der Waals surface area contributed by atoms with E-state index in [9.17, 15) is 13.6 Å². The first-order valence-corrected chi connectivity index (χ1v) is 10.8. The Kier molecular flexibility index (Phi) is 6.14. The number of aromatic nitrogens is 4. The fourth-order valence-corrected chi connectivity index (χ4v) is 4.29. The molecule has 2 aromatic heterocycles. The van der Waals surface area contributed by atoms with E-state index < -0.39 is 11.6 Å². The van der Waals surface area contributed by atoms with E-state index in [-0.39, 0.29) is 34.6 Å². The Morgan fingerprint density at radius 1 is 1.22 bits per heavy atom. The maximum absolute atomic E-state index is 14.5. The molecule has 4 rings (SSSR count). The van der Waals surface area contributed by atoms with Crippen molar-refractivity contribution in [1.82, 2.24) is 19.5 Å². The van der Waals surface area contributed by atoms with Gasteiger partial charge in [-0.3, -0.25) is 9.36 Å². The first kappa shape index (κ1) is 22.2. The minimum absolute atomic E-state index is 0.0535. The molecule has 1 fully saturated rings. The third-order valence-corrected chi connectivity index (χ3v) is 5.86. The van der Waals surface area contributed by atoms with Crippen LogP contribution in [-0.4, -0.2) is 31.5 Å². The molecule has 1 saturated carbocycles. The molecule has 0 aliphatic heterocycles. The predicted octanol–water partition coefficient (Wildman–Crippen LogP) is 4.54. The van der Waals surface area contributed by atoms with Crippen molar-refractivity contribution in [2.24, 2.45) is 11.7 Å². The summed E-state index contributed by atoms with van der Waals surface area (Å²) < 4.78 is 29.8. The molecule has 4 N–H and O–H groups in total. The standard InChI is InChI=1S/C21H24ClF2N7O/c1-10(2)27-20-26-9-16-19(30-20)31(13-5-3-11(4-6-13)18(25)32)21(28-16)29-17-14(22)7-12(23)8-15(17)24/h7-11,13H,3-6H2,1-2H3,(H2,25,32)(H,28,29)(H,26,27,30). The molecule has 1 aliphatic rings. The van der Waals surface area contributed by atoms with Gasteiger partial charge in [-0.25, -0.2) is 18.7 Å². The summed E-state index contributed by atoms with van der Waals surface area (Å²) in [5.74, 6) is -1.33. The maximum atomic E-state index is 14.5. The van der Waals surface area contributed by atoms with E-state index in [0.717, 1.165) is 12.1 Å². The van der Waals surface area contributed by atoms with Crippen LogP contribution in [0, 0.1) is 17.6 Å². The van der Waals surface area contributed by atoms with Crippen molar-refractivity contribution in [3.05, 3.63) is 35.0 Å². The van der Waals surface area contributed by atoms with E-state index >= 15 is 0 Å². The number of hydrogen-bond acceptors (Lipinski definition) is 6. The second kappa shape index (κ2) is 8.85. The minimum atomic E-state index is -0.834. The van der Waals surface area contributed by atoms with E-state index in [1.165, 1.54) is 0 Å². The number of carbonyl (C=O) groups is 1. The Morgan fingerprint density at radius 2 is 1.94 bits per heavy atom. The number of nitrogens with zero attached hydrogens (tertiary/aromatic N) is 4. The zero-order valence-electron chi connectivity index (χ0n) is 17.7. The highest BCUT2D eigenvalue weighted by molar-refractivity contribution is 6.33. The summed E-state index contributed by atoms with van der Waals surface area (Å²) in [5.41, 5.74) is 6.47. The van der Waals surface area contributed by atoms with Crippen molar-refractivity contribution in [3.63, 3.8) is 0 Å². The number of anilines is 3. The maximum Gasteiger partial charge on any atom is 0.224 e. The summed E-state index contributed by atoms with van der Waals surface area (Å²) in [6.07, 6.45) is 4.20. The van der Waals surface area contributed by atoms with Crippen LogP contribution >= 0.6 is 11.6 Å². The second-order valence-corrected chi connectivity index (χ2v) is 8.69. The first-order valence-electron chi connectivity index (χ1n) is 10.4. The summed E-state index contributed by atoms with van der Waals surface area (Å²) in [6.45, 7) is 3.95. The highest BCUT2D eigenvalue weighted by Gasteiger charge is 2.29. The Bertz CT molecular complexity index is 1140. The molecule has 0 spiro atoms. The van der Waals surface area contributed by atoms with E-state index in [1.54, 1.807) is 6.20 Å². The Balaban J connectivity index is 1.78. The summed E-state index contributed by atoms with van der Waals surface area (Å²) in [5, 5.41) is 5.98. The molecule has 0 atom stereocenters. The highest BCUT2D eigenvalue weighted by atomic mass is 35.5. The van der Waals surface area contributed by atoms with Crippen LogP contribution in [0.3, 0.4) is 0 Å². The van der Waals surface area contributed by atoms with Crippen molar-refractivity contribution in [3.8, 4) is 0 Å². The molecule has 1 aromatic carbocycles. The largest absolute Gasteiger partial charge is 0.369 e. The van der Waals surface area contributed by atoms with Gasteiger partial charge in [0.25, 0.3) is 0 Å². The van der Waals surface area contributed by atoms with Gasteiger partial charge >= 0.3 is 0 Å².